The third-order valence-corrected chi connectivity index (χ3v) is 12.9. The Morgan fingerprint density at radius 3 is 1.37 bits per heavy atom. The van der Waals surface area contributed by atoms with Gasteiger partial charge in [0.25, 0.3) is 0 Å². The summed E-state index contributed by atoms with van der Waals surface area (Å²) in [5, 5.41) is 5.92. The molecule has 13 rings (SSSR count). The minimum atomic E-state index is 0.872. The predicted molar refractivity (Wildman–Crippen MR) is 269 cm³/mol. The molecule has 5 heteroatoms. The molecule has 0 saturated heterocycles. The fourth-order valence-corrected chi connectivity index (χ4v) is 9.87. The number of nitrogens with zero attached hydrogens (tertiary/aromatic N) is 5. The number of rotatable bonds is 7. The van der Waals surface area contributed by atoms with E-state index in [0.717, 1.165) is 100 Å². The van der Waals surface area contributed by atoms with Crippen molar-refractivity contribution in [3.05, 3.63) is 237 Å². The highest BCUT2D eigenvalue weighted by molar-refractivity contribution is 6.19. The van der Waals surface area contributed by atoms with Crippen LogP contribution in [0.5, 0.6) is 0 Å². The minimum absolute atomic E-state index is 0.872. The zero-order valence-corrected chi connectivity index (χ0v) is 35.3. The molecule has 304 valence electrons. The number of benzene rings is 8. The molecule has 0 N–H and O–H groups in total. The van der Waals surface area contributed by atoms with Gasteiger partial charge < -0.3 is 9.13 Å². The van der Waals surface area contributed by atoms with Gasteiger partial charge in [-0.2, -0.15) is 0 Å². The van der Waals surface area contributed by atoms with Gasteiger partial charge in [0.2, 0.25) is 0 Å². The molecule has 0 aliphatic rings. The van der Waals surface area contributed by atoms with Gasteiger partial charge in [-0.3, -0.25) is 4.57 Å². The van der Waals surface area contributed by atoms with Gasteiger partial charge in [0, 0.05) is 49.9 Å². The van der Waals surface area contributed by atoms with E-state index < -0.39 is 0 Å². The number of aromatic nitrogens is 5. The Hall–Kier alpha value is -8.80. The number of hydrogen-bond acceptors (Lipinski definition) is 2. The molecule has 0 aliphatic carbocycles. The van der Waals surface area contributed by atoms with E-state index in [1.165, 1.54) is 16.2 Å². The first kappa shape index (κ1) is 36.8. The van der Waals surface area contributed by atoms with Crippen molar-refractivity contribution in [1.82, 2.24) is 23.7 Å². The van der Waals surface area contributed by atoms with Gasteiger partial charge in [-0.25, -0.2) is 9.97 Å². The summed E-state index contributed by atoms with van der Waals surface area (Å²) in [6.45, 7) is 0. The number of para-hydroxylation sites is 2. The highest BCUT2D eigenvalue weighted by Gasteiger charge is 2.21. The van der Waals surface area contributed by atoms with Crippen LogP contribution in [0.1, 0.15) is 0 Å². The molecule has 0 bridgehead atoms. The molecule has 0 spiro atoms. The van der Waals surface area contributed by atoms with Crippen molar-refractivity contribution in [3.8, 4) is 62.1 Å². The Bertz CT molecular complexity index is 3800. The summed E-state index contributed by atoms with van der Waals surface area (Å²) in [4.78, 5) is 10.7. The van der Waals surface area contributed by atoms with Gasteiger partial charge in [0.15, 0.2) is 0 Å². The van der Waals surface area contributed by atoms with E-state index in [4.69, 9.17) is 9.97 Å². The molecule has 8 aromatic carbocycles. The Morgan fingerprint density at radius 1 is 0.277 bits per heavy atom. The normalized spacial score (nSPS) is 11.7. The summed E-state index contributed by atoms with van der Waals surface area (Å²) in [7, 11) is 0. The zero-order chi connectivity index (χ0) is 42.8. The lowest BCUT2D eigenvalue weighted by molar-refractivity contribution is 1.05. The largest absolute Gasteiger partial charge is 0.309 e. The smallest absolute Gasteiger partial charge is 0.138 e. The first-order chi connectivity index (χ1) is 32.2. The molecule has 5 nitrogen and oxygen atoms in total. The molecule has 13 aromatic rings. The van der Waals surface area contributed by atoms with Crippen molar-refractivity contribution < 1.29 is 0 Å². The maximum absolute atomic E-state index is 5.38. The highest BCUT2D eigenvalue weighted by Crippen LogP contribution is 2.41. The van der Waals surface area contributed by atoms with Gasteiger partial charge in [-0.1, -0.05) is 164 Å². The molecule has 0 fully saturated rings. The summed E-state index contributed by atoms with van der Waals surface area (Å²) < 4.78 is 7.03. The van der Waals surface area contributed by atoms with Crippen LogP contribution in [0.25, 0.3) is 117 Å². The van der Waals surface area contributed by atoms with E-state index >= 15 is 0 Å². The van der Waals surface area contributed by atoms with Crippen LogP contribution in [0, 0.1) is 0 Å². The first-order valence-electron chi connectivity index (χ1n) is 22.1. The lowest BCUT2D eigenvalue weighted by Gasteiger charge is -2.14. The first-order valence-corrected chi connectivity index (χ1v) is 22.1. The molecule has 0 saturated carbocycles. The molecule has 5 aromatic heterocycles. The fraction of sp³-hybridized carbons (Fsp3) is 0. The fourth-order valence-electron chi connectivity index (χ4n) is 9.87. The Kier molecular flexibility index (Phi) is 8.46. The van der Waals surface area contributed by atoms with E-state index in [-0.39, 0.29) is 0 Å². The van der Waals surface area contributed by atoms with Crippen molar-refractivity contribution >= 4 is 54.5 Å². The molecular formula is C60H39N5. The molecule has 0 atom stereocenters. The Morgan fingerprint density at radius 2 is 0.754 bits per heavy atom. The maximum atomic E-state index is 5.38. The Balaban J connectivity index is 1.02. The lowest BCUT2D eigenvalue weighted by Crippen LogP contribution is -2.00. The molecule has 0 amide bonds. The van der Waals surface area contributed by atoms with Crippen LogP contribution in [-0.4, -0.2) is 23.7 Å². The number of pyridine rings is 2. The maximum Gasteiger partial charge on any atom is 0.138 e. The third-order valence-electron chi connectivity index (χ3n) is 12.9. The van der Waals surface area contributed by atoms with Gasteiger partial charge in [-0.15, -0.1) is 0 Å². The highest BCUT2D eigenvalue weighted by atomic mass is 15.1. The van der Waals surface area contributed by atoms with Gasteiger partial charge >= 0.3 is 0 Å². The van der Waals surface area contributed by atoms with Gasteiger partial charge in [0.05, 0.1) is 39.0 Å². The number of hydrogen-bond donors (Lipinski definition) is 0. The predicted octanol–water partition coefficient (Wildman–Crippen LogP) is 15.3. The lowest BCUT2D eigenvalue weighted by atomic mass is 10.0. The molecule has 0 unspecified atom stereocenters. The summed E-state index contributed by atoms with van der Waals surface area (Å²) in [6.07, 6.45) is 2.18. The van der Waals surface area contributed by atoms with Crippen molar-refractivity contribution in [2.45, 2.75) is 0 Å². The van der Waals surface area contributed by atoms with Crippen molar-refractivity contribution in [1.29, 1.82) is 0 Å². The van der Waals surface area contributed by atoms with E-state index in [1.807, 2.05) is 0 Å². The number of fused-ring (bicyclic) bond motifs is 8. The van der Waals surface area contributed by atoms with Crippen LogP contribution in [0.15, 0.2) is 237 Å². The standard InChI is InChI=1S/C60H39N5/c1-5-17-40(18-6-1)44-35-52(42-21-9-3-10-22-42)61-58(37-44)63-34-33-50-54(63)32-30-49-47-25-13-15-27-55(47)64(60(49)50)46-29-31-57-51(39-46)48-26-14-16-28-56(48)65(57)59-38-45(41-19-7-2-8-20-41)36-53(62-59)43-23-11-4-12-24-43/h1-39H. The van der Waals surface area contributed by atoms with Crippen LogP contribution >= 0.6 is 0 Å². The molecule has 65 heavy (non-hydrogen) atoms. The molecule has 0 radical (unpaired) electrons. The molecular weight excluding hydrogens is 791 g/mol. The third kappa shape index (κ3) is 6.09. The summed E-state index contributed by atoms with van der Waals surface area (Å²) in [6, 6.07) is 82.1. The molecule has 5 heterocycles. The van der Waals surface area contributed by atoms with Crippen LogP contribution < -0.4 is 0 Å². The van der Waals surface area contributed by atoms with Gasteiger partial charge in [-0.05, 0) is 89.0 Å². The second-order valence-electron chi connectivity index (χ2n) is 16.6. The van der Waals surface area contributed by atoms with Crippen LogP contribution in [0.3, 0.4) is 0 Å². The minimum Gasteiger partial charge on any atom is -0.309 e. The summed E-state index contributed by atoms with van der Waals surface area (Å²) >= 11 is 0. The second-order valence-corrected chi connectivity index (χ2v) is 16.6. The summed E-state index contributed by atoms with van der Waals surface area (Å²) in [5.74, 6) is 1.75. The van der Waals surface area contributed by atoms with Gasteiger partial charge in [0.1, 0.15) is 11.6 Å². The van der Waals surface area contributed by atoms with Crippen LogP contribution in [-0.2, 0) is 0 Å². The van der Waals surface area contributed by atoms with E-state index in [1.54, 1.807) is 0 Å². The summed E-state index contributed by atoms with van der Waals surface area (Å²) in [5.41, 5.74) is 15.3. The van der Waals surface area contributed by atoms with Crippen molar-refractivity contribution in [2.24, 2.45) is 0 Å². The quantitative estimate of drug-likeness (QED) is 0.161. The monoisotopic (exact) mass is 829 g/mol. The average molecular weight is 830 g/mol. The SMILES string of the molecule is c1ccc(-c2cc(-c3ccccc3)nc(-n3ccc4c3ccc3c5ccccc5n(-c5ccc6c(c5)c5ccccc5n6-c5cc(-c6ccccc6)cc(-c6ccccc6)n5)c34)c2)cc1. The van der Waals surface area contributed by atoms with Crippen molar-refractivity contribution in [2.75, 3.05) is 0 Å². The Labute approximate surface area is 375 Å². The van der Waals surface area contributed by atoms with Crippen LogP contribution in [0.2, 0.25) is 0 Å². The average Bonchev–Trinajstić information content (AvgIpc) is 4.07. The van der Waals surface area contributed by atoms with Crippen molar-refractivity contribution in [3.63, 3.8) is 0 Å². The van der Waals surface area contributed by atoms with E-state index in [9.17, 15) is 0 Å². The topological polar surface area (TPSA) is 40.6 Å². The van der Waals surface area contributed by atoms with E-state index in [0.29, 0.717) is 0 Å². The van der Waals surface area contributed by atoms with E-state index in [2.05, 4.69) is 250 Å². The van der Waals surface area contributed by atoms with Crippen LogP contribution in [0.4, 0.5) is 0 Å². The molecule has 0 aliphatic heterocycles. The second kappa shape index (κ2) is 14.9. The zero-order valence-electron chi connectivity index (χ0n) is 35.3.